The standard InChI is InChI=1S/C30H39BN10O11/c42-22(35-34-21-4-3-19(8-32-21)27(47)33-9-23(43)40-5-1-2-20(40)31(48)49)10-36-6-7-37-11-25(45)52-30(18-37)39-13-26(46)51-29(17-39)16-38-12-24(44)50-28(14-36,15-38)41(29)30/h3-4,8,20,48-49H,1-2,5-7,9-18H2,(H,32,34)(H,33,47)(H,35,42)/t20-,28?,29?,30?/m0/s1. The highest BCUT2D eigenvalue weighted by Gasteiger charge is 2.77. The van der Waals surface area contributed by atoms with E-state index >= 15 is 0 Å². The fourth-order valence-corrected chi connectivity index (χ4v) is 8.86. The number of likely N-dealkylation sites (tertiary alicyclic amines) is 1. The maximum Gasteiger partial charge on any atom is 0.475 e. The van der Waals surface area contributed by atoms with Crippen LogP contribution in [-0.2, 0) is 38.2 Å². The number of ether oxygens (including phenoxy) is 3. The number of hydrogen-bond acceptors (Lipinski definition) is 18. The summed E-state index contributed by atoms with van der Waals surface area (Å²) in [6.07, 6.45) is 2.37. The Bertz CT molecular complexity index is 1690. The number of carbonyl (C=O) groups is 6. The molecule has 21 nitrogen and oxygen atoms in total. The Hall–Kier alpha value is -4.45. The molecule has 0 saturated carbocycles. The molecule has 7 aliphatic rings. The molecule has 5 N–H and O–H groups in total. The van der Waals surface area contributed by atoms with E-state index in [4.69, 9.17) is 14.2 Å². The van der Waals surface area contributed by atoms with Crippen molar-refractivity contribution in [3.8, 4) is 0 Å². The monoisotopic (exact) mass is 726 g/mol. The lowest BCUT2D eigenvalue weighted by atomic mass is 9.78. The highest BCUT2D eigenvalue weighted by molar-refractivity contribution is 6.43. The van der Waals surface area contributed by atoms with Gasteiger partial charge in [-0.05, 0) is 25.0 Å². The van der Waals surface area contributed by atoms with Gasteiger partial charge in [0.25, 0.3) is 11.8 Å². The second-order valence-corrected chi connectivity index (χ2v) is 14.3. The summed E-state index contributed by atoms with van der Waals surface area (Å²) in [5.74, 6) is -4.79. The zero-order chi connectivity index (χ0) is 36.4. The van der Waals surface area contributed by atoms with E-state index in [-0.39, 0.29) is 76.8 Å². The van der Waals surface area contributed by atoms with Gasteiger partial charge < -0.3 is 34.5 Å². The van der Waals surface area contributed by atoms with Gasteiger partial charge in [-0.1, -0.05) is 0 Å². The third-order valence-electron chi connectivity index (χ3n) is 10.7. The van der Waals surface area contributed by atoms with E-state index in [0.717, 1.165) is 0 Å². The van der Waals surface area contributed by atoms with Crippen LogP contribution < -0.4 is 16.2 Å². The smallest absolute Gasteiger partial charge is 0.440 e. The van der Waals surface area contributed by atoms with Crippen LogP contribution in [0.15, 0.2) is 18.3 Å². The van der Waals surface area contributed by atoms with E-state index in [2.05, 4.69) is 21.2 Å². The predicted octanol–water partition coefficient (Wildman–Crippen LogP) is -5.47. The van der Waals surface area contributed by atoms with Crippen molar-refractivity contribution in [3.63, 3.8) is 0 Å². The number of anilines is 1. The Labute approximate surface area is 297 Å². The molecule has 7 fully saturated rings. The van der Waals surface area contributed by atoms with E-state index in [9.17, 15) is 38.8 Å². The van der Waals surface area contributed by atoms with Gasteiger partial charge in [0.2, 0.25) is 11.8 Å². The maximum absolute atomic E-state index is 13.3. The van der Waals surface area contributed by atoms with Crippen molar-refractivity contribution in [1.29, 1.82) is 0 Å². The van der Waals surface area contributed by atoms with Crippen LogP contribution in [0, 0.1) is 0 Å². The number of pyridine rings is 1. The molecule has 1 aromatic heterocycles. The van der Waals surface area contributed by atoms with Crippen molar-refractivity contribution in [1.82, 2.24) is 45.1 Å². The number of amides is 3. The molecule has 3 spiro atoms. The third-order valence-corrected chi connectivity index (χ3v) is 10.7. The van der Waals surface area contributed by atoms with Gasteiger partial charge in [0.15, 0.2) is 11.4 Å². The van der Waals surface area contributed by atoms with Crippen LogP contribution in [0.4, 0.5) is 5.82 Å². The van der Waals surface area contributed by atoms with Gasteiger partial charge in [-0.25, -0.2) is 9.88 Å². The van der Waals surface area contributed by atoms with Gasteiger partial charge in [0.05, 0.1) is 70.4 Å². The average Bonchev–Trinajstić information content (AvgIpc) is 3.65. The quantitative estimate of drug-likeness (QED) is 0.0727. The molecule has 22 heteroatoms. The van der Waals surface area contributed by atoms with E-state index < -0.39 is 66.0 Å². The van der Waals surface area contributed by atoms with Crippen molar-refractivity contribution >= 4 is 48.6 Å². The fourth-order valence-electron chi connectivity index (χ4n) is 8.86. The second-order valence-electron chi connectivity index (χ2n) is 14.3. The number of fused-ring (bicyclic) bond motifs is 3. The van der Waals surface area contributed by atoms with Crippen molar-refractivity contribution in [2.24, 2.45) is 0 Å². The molecule has 8 heterocycles. The summed E-state index contributed by atoms with van der Waals surface area (Å²) in [5.41, 5.74) is 2.82. The van der Waals surface area contributed by atoms with Gasteiger partial charge in [-0.2, -0.15) is 4.90 Å². The van der Waals surface area contributed by atoms with Crippen molar-refractivity contribution < 1.29 is 53.0 Å². The van der Waals surface area contributed by atoms with Crippen LogP contribution in [0.3, 0.4) is 0 Å². The molecule has 8 rings (SSSR count). The second kappa shape index (κ2) is 12.9. The number of morpholine rings is 3. The largest absolute Gasteiger partial charge is 0.475 e. The van der Waals surface area contributed by atoms with Gasteiger partial charge >= 0.3 is 25.0 Å². The van der Waals surface area contributed by atoms with E-state index in [1.54, 1.807) is 9.80 Å². The minimum Gasteiger partial charge on any atom is -0.440 e. The fraction of sp³-hybridized carbons (Fsp3) is 0.633. The summed E-state index contributed by atoms with van der Waals surface area (Å²) < 4.78 is 18.3. The zero-order valence-electron chi connectivity index (χ0n) is 28.2. The summed E-state index contributed by atoms with van der Waals surface area (Å²) in [6, 6.07) is 2.93. The Balaban J connectivity index is 0.928. The third kappa shape index (κ3) is 6.02. The first-order valence-electron chi connectivity index (χ1n) is 17.2. The number of piperazine rings is 1. The molecule has 7 aliphatic heterocycles. The number of nitrogens with zero attached hydrogens (tertiary/aromatic N) is 7. The van der Waals surface area contributed by atoms with Crippen LogP contribution in [-0.4, -0.2) is 196 Å². The molecule has 0 aliphatic carbocycles. The van der Waals surface area contributed by atoms with Crippen molar-refractivity contribution in [2.45, 2.75) is 36.1 Å². The van der Waals surface area contributed by atoms with Crippen LogP contribution in [0.1, 0.15) is 23.2 Å². The Morgan fingerprint density at radius 2 is 1.62 bits per heavy atom. The molecule has 52 heavy (non-hydrogen) atoms. The van der Waals surface area contributed by atoms with Gasteiger partial charge in [-0.15, -0.1) is 0 Å². The SMILES string of the molecule is O=C(CN1CCN2CC(=O)OC3(C2)N2CC(=O)OC4(CN5CC(=O)OC(C1)(C5)N43)C2)NNc1ccc(C(=O)NCC(=O)N2CCC[C@H]2B(O)O)cn1. The van der Waals surface area contributed by atoms with Crippen LogP contribution in [0.25, 0.3) is 0 Å². The van der Waals surface area contributed by atoms with Gasteiger partial charge in [-0.3, -0.25) is 54.3 Å². The first-order chi connectivity index (χ1) is 24.9. The number of hydrazine groups is 1. The maximum atomic E-state index is 13.3. The number of esters is 3. The molecular formula is C30H39BN10O11. The molecule has 278 valence electrons. The first kappa shape index (κ1) is 34.6. The normalized spacial score (nSPS) is 35.1. The number of hydrogen-bond donors (Lipinski definition) is 5. The van der Waals surface area contributed by atoms with Gasteiger partial charge in [0, 0.05) is 25.8 Å². The molecule has 0 aromatic carbocycles. The average molecular weight is 727 g/mol. The van der Waals surface area contributed by atoms with Gasteiger partial charge in [0.1, 0.15) is 12.4 Å². The van der Waals surface area contributed by atoms with Crippen LogP contribution >= 0.6 is 0 Å². The van der Waals surface area contributed by atoms with Crippen molar-refractivity contribution in [3.05, 3.63) is 23.9 Å². The molecule has 3 amide bonds. The lowest BCUT2D eigenvalue weighted by molar-refractivity contribution is -0.346. The zero-order valence-corrected chi connectivity index (χ0v) is 28.2. The Morgan fingerprint density at radius 1 is 0.885 bits per heavy atom. The summed E-state index contributed by atoms with van der Waals surface area (Å²) in [7, 11) is -1.65. The number of carbonyl (C=O) groups excluding carboxylic acids is 6. The molecule has 6 unspecified atom stereocenters. The molecule has 7 atom stereocenters. The molecule has 0 radical (unpaired) electrons. The van der Waals surface area contributed by atoms with Crippen molar-refractivity contribution in [2.75, 3.05) is 90.5 Å². The minimum atomic E-state index is -1.65. The Kier molecular flexibility index (Phi) is 8.59. The lowest BCUT2D eigenvalue weighted by Gasteiger charge is -2.60. The number of nitrogens with one attached hydrogen (secondary N) is 3. The highest BCUT2D eigenvalue weighted by atomic mass is 16.7. The lowest BCUT2D eigenvalue weighted by Crippen LogP contribution is -2.83. The summed E-state index contributed by atoms with van der Waals surface area (Å²) in [5, 5.41) is 21.5. The van der Waals surface area contributed by atoms with E-state index in [0.29, 0.717) is 32.5 Å². The molecule has 6 bridgehead atoms. The molecular weight excluding hydrogens is 687 g/mol. The van der Waals surface area contributed by atoms with Crippen LogP contribution in [0.5, 0.6) is 0 Å². The summed E-state index contributed by atoms with van der Waals surface area (Å²) in [4.78, 5) is 92.2. The minimum absolute atomic E-state index is 0.00154. The van der Waals surface area contributed by atoms with Crippen LogP contribution in [0.2, 0.25) is 0 Å². The highest BCUT2D eigenvalue weighted by Crippen LogP contribution is 2.52. The molecule has 7 saturated heterocycles. The predicted molar refractivity (Wildman–Crippen MR) is 172 cm³/mol. The summed E-state index contributed by atoms with van der Waals surface area (Å²) >= 11 is 0. The topological polar surface area (TPSA) is 239 Å². The number of rotatable bonds is 8. The number of aromatic nitrogens is 1. The molecule has 1 aromatic rings. The summed E-state index contributed by atoms with van der Waals surface area (Å²) in [6.45, 7) is 1.51. The Morgan fingerprint density at radius 3 is 2.37 bits per heavy atom. The van der Waals surface area contributed by atoms with E-state index in [1.165, 1.54) is 23.2 Å². The first-order valence-corrected chi connectivity index (χ1v) is 17.2. The van der Waals surface area contributed by atoms with E-state index in [1.807, 2.05) is 14.7 Å².